The van der Waals surface area contributed by atoms with Gasteiger partial charge in [-0.3, -0.25) is 4.79 Å². The quantitative estimate of drug-likeness (QED) is 0.432. The SMILES string of the molecule is CCc1noc(C)c1C(=O)N[C@H]1C(O)O[C@H](CO)[C@@H](O)[C@@H]1O. The highest BCUT2D eigenvalue weighted by Crippen LogP contribution is 2.21. The molecule has 22 heavy (non-hydrogen) atoms. The molecule has 0 aromatic carbocycles. The molecule has 0 saturated carbocycles. The summed E-state index contributed by atoms with van der Waals surface area (Å²) < 4.78 is 9.93. The number of hydrogen-bond donors (Lipinski definition) is 5. The molecule has 1 fully saturated rings. The van der Waals surface area contributed by atoms with Crippen molar-refractivity contribution in [3.63, 3.8) is 0 Å². The van der Waals surface area contributed by atoms with Crippen LogP contribution in [0.3, 0.4) is 0 Å². The summed E-state index contributed by atoms with van der Waals surface area (Å²) in [5, 5.41) is 44.8. The molecule has 124 valence electrons. The lowest BCUT2D eigenvalue weighted by Crippen LogP contribution is -2.64. The number of aliphatic hydroxyl groups excluding tert-OH is 4. The van der Waals surface area contributed by atoms with E-state index in [1.165, 1.54) is 0 Å². The van der Waals surface area contributed by atoms with E-state index in [1.54, 1.807) is 13.8 Å². The van der Waals surface area contributed by atoms with E-state index in [1.807, 2.05) is 0 Å². The van der Waals surface area contributed by atoms with Crippen LogP contribution in [0.25, 0.3) is 0 Å². The van der Waals surface area contributed by atoms with E-state index in [4.69, 9.17) is 14.4 Å². The first kappa shape index (κ1) is 16.8. The van der Waals surface area contributed by atoms with Crippen LogP contribution in [0, 0.1) is 6.92 Å². The molecule has 0 radical (unpaired) electrons. The van der Waals surface area contributed by atoms with Crippen molar-refractivity contribution >= 4 is 5.91 Å². The molecular weight excluding hydrogens is 296 g/mol. The molecule has 9 nitrogen and oxygen atoms in total. The number of aliphatic hydroxyl groups is 4. The van der Waals surface area contributed by atoms with Gasteiger partial charge in [0, 0.05) is 0 Å². The Morgan fingerprint density at radius 3 is 2.59 bits per heavy atom. The van der Waals surface area contributed by atoms with Crippen molar-refractivity contribution in [3.05, 3.63) is 17.0 Å². The van der Waals surface area contributed by atoms with Crippen LogP contribution in [0.15, 0.2) is 4.52 Å². The van der Waals surface area contributed by atoms with Crippen LogP contribution < -0.4 is 5.32 Å². The van der Waals surface area contributed by atoms with Crippen LogP contribution in [-0.4, -0.2) is 68.7 Å². The van der Waals surface area contributed by atoms with E-state index in [2.05, 4.69) is 10.5 Å². The molecule has 1 aliphatic rings. The molecule has 1 aliphatic heterocycles. The van der Waals surface area contributed by atoms with Crippen molar-refractivity contribution in [1.29, 1.82) is 0 Å². The Morgan fingerprint density at radius 2 is 2.00 bits per heavy atom. The maximum Gasteiger partial charge on any atom is 0.257 e. The van der Waals surface area contributed by atoms with Gasteiger partial charge in [0.1, 0.15) is 35.7 Å². The lowest BCUT2D eigenvalue weighted by Gasteiger charge is -2.40. The van der Waals surface area contributed by atoms with Gasteiger partial charge in [0.2, 0.25) is 0 Å². The van der Waals surface area contributed by atoms with E-state index in [-0.39, 0.29) is 5.56 Å². The molecular formula is C13H20N2O7. The van der Waals surface area contributed by atoms with Gasteiger partial charge in [-0.2, -0.15) is 0 Å². The lowest BCUT2D eigenvalue weighted by molar-refractivity contribution is -0.252. The van der Waals surface area contributed by atoms with Gasteiger partial charge in [-0.05, 0) is 13.3 Å². The Kier molecular flexibility index (Phi) is 5.14. The number of nitrogens with zero attached hydrogens (tertiary/aromatic N) is 1. The van der Waals surface area contributed by atoms with Crippen LogP contribution in [0.2, 0.25) is 0 Å². The number of nitrogens with one attached hydrogen (secondary N) is 1. The number of hydrogen-bond acceptors (Lipinski definition) is 8. The van der Waals surface area contributed by atoms with Gasteiger partial charge >= 0.3 is 0 Å². The van der Waals surface area contributed by atoms with Gasteiger partial charge in [0.25, 0.3) is 5.91 Å². The molecule has 2 rings (SSSR count). The normalized spacial score (nSPS) is 32.0. The largest absolute Gasteiger partial charge is 0.394 e. The number of ether oxygens (including phenoxy) is 1. The van der Waals surface area contributed by atoms with E-state index >= 15 is 0 Å². The van der Waals surface area contributed by atoms with Gasteiger partial charge in [-0.1, -0.05) is 12.1 Å². The minimum Gasteiger partial charge on any atom is -0.394 e. The number of carbonyl (C=O) groups is 1. The summed E-state index contributed by atoms with van der Waals surface area (Å²) in [7, 11) is 0. The van der Waals surface area contributed by atoms with E-state index in [0.29, 0.717) is 17.9 Å². The van der Waals surface area contributed by atoms with Crippen molar-refractivity contribution in [1.82, 2.24) is 10.5 Å². The van der Waals surface area contributed by atoms with E-state index in [9.17, 15) is 20.1 Å². The fourth-order valence-electron chi connectivity index (χ4n) is 2.43. The molecule has 9 heteroatoms. The first-order valence-corrected chi connectivity index (χ1v) is 6.97. The maximum absolute atomic E-state index is 12.3. The molecule has 0 aliphatic carbocycles. The Labute approximate surface area is 126 Å². The average molecular weight is 316 g/mol. The summed E-state index contributed by atoms with van der Waals surface area (Å²) in [6.45, 7) is 2.81. The first-order valence-electron chi connectivity index (χ1n) is 6.97. The van der Waals surface area contributed by atoms with Gasteiger partial charge in [-0.25, -0.2) is 0 Å². The third-order valence-electron chi connectivity index (χ3n) is 3.69. The van der Waals surface area contributed by atoms with Gasteiger partial charge in [0.15, 0.2) is 6.29 Å². The third-order valence-corrected chi connectivity index (χ3v) is 3.69. The second-order valence-corrected chi connectivity index (χ2v) is 5.14. The van der Waals surface area contributed by atoms with E-state index in [0.717, 1.165) is 0 Å². The van der Waals surface area contributed by atoms with E-state index < -0.39 is 43.2 Å². The molecule has 1 unspecified atom stereocenters. The predicted molar refractivity (Wildman–Crippen MR) is 71.9 cm³/mol. The Hall–Kier alpha value is -1.52. The second kappa shape index (κ2) is 6.71. The zero-order chi connectivity index (χ0) is 16.4. The number of carbonyl (C=O) groups excluding carboxylic acids is 1. The smallest absolute Gasteiger partial charge is 0.257 e. The minimum absolute atomic E-state index is 0.223. The first-order chi connectivity index (χ1) is 10.4. The molecule has 0 spiro atoms. The molecule has 2 heterocycles. The topological polar surface area (TPSA) is 145 Å². The molecule has 1 saturated heterocycles. The Bertz CT molecular complexity index is 532. The third kappa shape index (κ3) is 2.99. The second-order valence-electron chi connectivity index (χ2n) is 5.14. The monoisotopic (exact) mass is 316 g/mol. The number of rotatable bonds is 4. The van der Waals surface area contributed by atoms with Crippen LogP contribution >= 0.6 is 0 Å². The molecule has 1 amide bonds. The zero-order valence-corrected chi connectivity index (χ0v) is 12.3. The van der Waals surface area contributed by atoms with Crippen LogP contribution in [-0.2, 0) is 11.2 Å². The van der Waals surface area contributed by atoms with Crippen LogP contribution in [0.4, 0.5) is 0 Å². The Balaban J connectivity index is 2.15. The summed E-state index contributed by atoms with van der Waals surface area (Å²) in [6, 6.07) is -1.25. The van der Waals surface area contributed by atoms with Gasteiger partial charge < -0.3 is 35.0 Å². The Morgan fingerprint density at radius 1 is 1.32 bits per heavy atom. The van der Waals surface area contributed by atoms with Crippen molar-refractivity contribution in [3.8, 4) is 0 Å². The highest BCUT2D eigenvalue weighted by Gasteiger charge is 2.44. The van der Waals surface area contributed by atoms with Crippen molar-refractivity contribution in [2.45, 2.75) is 50.9 Å². The van der Waals surface area contributed by atoms with Gasteiger partial charge in [0.05, 0.1) is 12.3 Å². The fraction of sp³-hybridized carbons (Fsp3) is 0.692. The molecule has 5 N–H and O–H groups in total. The lowest BCUT2D eigenvalue weighted by atomic mass is 9.96. The van der Waals surface area contributed by atoms with Crippen molar-refractivity contribution < 1.29 is 34.5 Å². The zero-order valence-electron chi connectivity index (χ0n) is 12.3. The number of amides is 1. The van der Waals surface area contributed by atoms with Crippen LogP contribution in [0.1, 0.15) is 28.7 Å². The highest BCUT2D eigenvalue weighted by molar-refractivity contribution is 5.96. The highest BCUT2D eigenvalue weighted by atomic mass is 16.6. The van der Waals surface area contributed by atoms with Crippen LogP contribution in [0.5, 0.6) is 0 Å². The predicted octanol–water partition coefficient (Wildman–Crippen LogP) is -1.92. The summed E-state index contributed by atoms with van der Waals surface area (Å²) in [5.74, 6) is -0.291. The number of aryl methyl sites for hydroxylation is 2. The summed E-state index contributed by atoms with van der Waals surface area (Å²) in [5.41, 5.74) is 0.671. The van der Waals surface area contributed by atoms with Crippen molar-refractivity contribution in [2.24, 2.45) is 0 Å². The molecule has 1 aromatic rings. The summed E-state index contributed by atoms with van der Waals surface area (Å²) >= 11 is 0. The molecule has 0 bridgehead atoms. The number of aromatic nitrogens is 1. The average Bonchev–Trinajstić information content (AvgIpc) is 2.88. The maximum atomic E-state index is 12.3. The fourth-order valence-corrected chi connectivity index (χ4v) is 2.43. The van der Waals surface area contributed by atoms with Crippen molar-refractivity contribution in [2.75, 3.05) is 6.61 Å². The standard InChI is InChI=1S/C13H20N2O7/c1-3-6-8(5(2)22-15-6)12(19)14-9-11(18)10(17)7(4-16)21-13(9)20/h7,9-11,13,16-18,20H,3-4H2,1-2H3,(H,14,19)/t7-,9-,10-,11-,13?/m1/s1. The summed E-state index contributed by atoms with van der Waals surface area (Å²) in [4.78, 5) is 12.3. The van der Waals surface area contributed by atoms with Gasteiger partial charge in [-0.15, -0.1) is 0 Å². The molecule has 1 aromatic heterocycles. The summed E-state index contributed by atoms with van der Waals surface area (Å²) in [6.07, 6.45) is -5.14. The minimum atomic E-state index is -1.57. The molecule has 5 atom stereocenters.